The highest BCUT2D eigenvalue weighted by Crippen LogP contribution is 2.14. The van der Waals surface area contributed by atoms with Gasteiger partial charge in [0.05, 0.1) is 0 Å². The van der Waals surface area contributed by atoms with Crippen molar-refractivity contribution in [1.82, 2.24) is 10.2 Å². The van der Waals surface area contributed by atoms with Crippen LogP contribution in [0, 0.1) is 12.8 Å². The van der Waals surface area contributed by atoms with Gasteiger partial charge >= 0.3 is 5.97 Å². The minimum Gasteiger partial charge on any atom is -0.454 e. The Morgan fingerprint density at radius 1 is 0.969 bits per heavy atom. The lowest BCUT2D eigenvalue weighted by Gasteiger charge is -2.22. The van der Waals surface area contributed by atoms with Crippen LogP contribution in [-0.4, -0.2) is 56.5 Å². The van der Waals surface area contributed by atoms with Gasteiger partial charge in [-0.1, -0.05) is 44.2 Å². The molecule has 0 spiro atoms. The van der Waals surface area contributed by atoms with E-state index in [2.05, 4.69) is 5.32 Å². The molecule has 0 unspecified atom stereocenters. The van der Waals surface area contributed by atoms with E-state index in [0.29, 0.717) is 12.1 Å². The Morgan fingerprint density at radius 3 is 2.16 bits per heavy atom. The van der Waals surface area contributed by atoms with E-state index in [9.17, 15) is 14.4 Å². The Hall–Kier alpha value is -3.35. The third kappa shape index (κ3) is 6.83. The first-order valence-electron chi connectivity index (χ1n) is 10.6. The van der Waals surface area contributed by atoms with Crippen LogP contribution in [0.15, 0.2) is 48.5 Å². The number of benzene rings is 2. The Balaban J connectivity index is 1.92. The minimum absolute atomic E-state index is 0.196. The van der Waals surface area contributed by atoms with E-state index in [-0.39, 0.29) is 24.3 Å². The Kier molecular flexibility index (Phi) is 8.81. The molecule has 0 heterocycles. The number of hydrogen-bond acceptors (Lipinski definition) is 5. The molecule has 7 heteroatoms. The molecule has 2 aromatic carbocycles. The first-order valence-corrected chi connectivity index (χ1v) is 10.6. The number of ether oxygens (including phenoxy) is 1. The number of carbonyl (C=O) groups is 3. The van der Waals surface area contributed by atoms with Crippen LogP contribution >= 0.6 is 0 Å². The van der Waals surface area contributed by atoms with Gasteiger partial charge in [-0.05, 0) is 42.2 Å². The van der Waals surface area contributed by atoms with Crippen LogP contribution in [0.25, 0.3) is 0 Å². The summed E-state index contributed by atoms with van der Waals surface area (Å²) in [7, 11) is 5.59. The zero-order chi connectivity index (χ0) is 23.8. The van der Waals surface area contributed by atoms with Crippen LogP contribution < -0.4 is 10.2 Å². The van der Waals surface area contributed by atoms with E-state index in [0.717, 1.165) is 16.8 Å². The molecule has 0 aliphatic heterocycles. The second-order valence-electron chi connectivity index (χ2n) is 8.43. The molecule has 0 bridgehead atoms. The third-order valence-electron chi connectivity index (χ3n) is 5.23. The summed E-state index contributed by atoms with van der Waals surface area (Å²) >= 11 is 0. The lowest BCUT2D eigenvalue weighted by Crippen LogP contribution is -2.46. The van der Waals surface area contributed by atoms with E-state index in [4.69, 9.17) is 4.74 Å². The molecule has 7 nitrogen and oxygen atoms in total. The highest BCUT2D eigenvalue weighted by atomic mass is 16.5. The molecule has 2 rings (SSSR count). The molecular weight excluding hydrogens is 406 g/mol. The zero-order valence-corrected chi connectivity index (χ0v) is 19.7. The normalized spacial score (nSPS) is 11.6. The van der Waals surface area contributed by atoms with Crippen molar-refractivity contribution in [3.63, 3.8) is 0 Å². The fourth-order valence-corrected chi connectivity index (χ4v) is 3.14. The van der Waals surface area contributed by atoms with E-state index >= 15 is 0 Å². The van der Waals surface area contributed by atoms with Crippen LogP contribution in [0.5, 0.6) is 0 Å². The van der Waals surface area contributed by atoms with Crippen molar-refractivity contribution in [2.45, 2.75) is 33.4 Å². The van der Waals surface area contributed by atoms with Crippen molar-refractivity contribution in [3.8, 4) is 0 Å². The maximum atomic E-state index is 12.6. The van der Waals surface area contributed by atoms with Gasteiger partial charge in [-0.2, -0.15) is 0 Å². The fourth-order valence-electron chi connectivity index (χ4n) is 3.14. The summed E-state index contributed by atoms with van der Waals surface area (Å²) in [6, 6.07) is 14.2. The Bertz CT molecular complexity index is 938. The molecule has 1 atom stereocenters. The number of likely N-dealkylation sites (N-methyl/N-ethyl adjacent to an activating group) is 1. The summed E-state index contributed by atoms with van der Waals surface area (Å²) in [6.45, 7) is 5.49. The number of nitrogens with zero attached hydrogens (tertiary/aromatic N) is 2. The predicted molar refractivity (Wildman–Crippen MR) is 125 cm³/mol. The van der Waals surface area contributed by atoms with E-state index in [1.54, 1.807) is 19.2 Å². The quantitative estimate of drug-likeness (QED) is 0.608. The van der Waals surface area contributed by atoms with E-state index in [1.807, 2.05) is 76.2 Å². The molecule has 0 radical (unpaired) electrons. The number of rotatable bonds is 9. The highest BCUT2D eigenvalue weighted by molar-refractivity contribution is 5.98. The maximum absolute atomic E-state index is 12.6. The minimum atomic E-state index is -0.848. The van der Waals surface area contributed by atoms with Crippen LogP contribution in [0.1, 0.15) is 35.3 Å². The second kappa shape index (κ2) is 11.3. The average molecular weight is 440 g/mol. The fraction of sp³-hybridized carbons (Fsp3) is 0.400. The average Bonchev–Trinajstić information content (AvgIpc) is 2.75. The second-order valence-corrected chi connectivity index (χ2v) is 8.43. The van der Waals surface area contributed by atoms with Gasteiger partial charge in [-0.3, -0.25) is 9.59 Å². The molecule has 2 aromatic rings. The standard InChI is InChI=1S/C25H33N3O4/c1-17(2)23(26-24(30)21-10-8-7-9-18(21)3)25(31)32-16-22(29)28(6)15-19-11-13-20(14-12-19)27(4)5/h7-14,17,23H,15-16H2,1-6H3,(H,26,30)/t23-/m0/s1. The predicted octanol–water partition coefficient (Wildman–Crippen LogP) is 3.02. The topological polar surface area (TPSA) is 78.9 Å². The molecule has 0 saturated heterocycles. The Labute approximate surface area is 190 Å². The molecule has 0 fully saturated rings. The molecule has 0 aromatic heterocycles. The van der Waals surface area contributed by atoms with Crippen LogP contribution in [0.2, 0.25) is 0 Å². The first-order chi connectivity index (χ1) is 15.1. The molecule has 172 valence electrons. The lowest BCUT2D eigenvalue weighted by molar-refractivity contribution is -0.154. The smallest absolute Gasteiger partial charge is 0.329 e. The number of carbonyl (C=O) groups excluding carboxylic acids is 3. The van der Waals surface area contributed by atoms with Gasteiger partial charge in [0, 0.05) is 38.9 Å². The number of hydrogen-bond donors (Lipinski definition) is 1. The maximum Gasteiger partial charge on any atom is 0.329 e. The number of nitrogens with one attached hydrogen (secondary N) is 1. The molecule has 0 saturated carbocycles. The molecule has 2 amide bonds. The highest BCUT2D eigenvalue weighted by Gasteiger charge is 2.27. The molecule has 32 heavy (non-hydrogen) atoms. The molecular formula is C25H33N3O4. The monoisotopic (exact) mass is 439 g/mol. The van der Waals surface area contributed by atoms with Crippen LogP contribution in [0.4, 0.5) is 5.69 Å². The van der Waals surface area contributed by atoms with Gasteiger partial charge in [0.25, 0.3) is 11.8 Å². The summed E-state index contributed by atoms with van der Waals surface area (Å²) in [6.07, 6.45) is 0. The van der Waals surface area contributed by atoms with Crippen molar-refractivity contribution < 1.29 is 19.1 Å². The zero-order valence-electron chi connectivity index (χ0n) is 19.7. The third-order valence-corrected chi connectivity index (χ3v) is 5.23. The van der Waals surface area contributed by atoms with Gasteiger partial charge < -0.3 is 19.9 Å². The molecule has 1 N–H and O–H groups in total. The Morgan fingerprint density at radius 2 is 1.59 bits per heavy atom. The van der Waals surface area contributed by atoms with Gasteiger partial charge in [0.2, 0.25) is 0 Å². The van der Waals surface area contributed by atoms with E-state index in [1.165, 1.54) is 4.90 Å². The van der Waals surface area contributed by atoms with Crippen molar-refractivity contribution >= 4 is 23.5 Å². The van der Waals surface area contributed by atoms with Gasteiger partial charge in [-0.15, -0.1) is 0 Å². The van der Waals surface area contributed by atoms with E-state index < -0.39 is 12.0 Å². The number of esters is 1. The summed E-state index contributed by atoms with van der Waals surface area (Å²) in [4.78, 5) is 41.2. The largest absolute Gasteiger partial charge is 0.454 e. The number of amides is 2. The van der Waals surface area contributed by atoms with Crippen LogP contribution in [-0.2, 0) is 20.9 Å². The van der Waals surface area contributed by atoms with Gasteiger partial charge in [0.15, 0.2) is 6.61 Å². The summed E-state index contributed by atoms with van der Waals surface area (Å²) in [5, 5.41) is 2.74. The SMILES string of the molecule is Cc1ccccc1C(=O)N[C@H](C(=O)OCC(=O)N(C)Cc1ccc(N(C)C)cc1)C(C)C. The number of aryl methyl sites for hydroxylation is 1. The lowest BCUT2D eigenvalue weighted by atomic mass is 10.0. The van der Waals surface area contributed by atoms with Crippen molar-refractivity contribution in [2.75, 3.05) is 32.6 Å². The van der Waals surface area contributed by atoms with Crippen molar-refractivity contribution in [3.05, 3.63) is 65.2 Å². The van der Waals surface area contributed by atoms with Gasteiger partial charge in [-0.25, -0.2) is 4.79 Å². The van der Waals surface area contributed by atoms with Crippen LogP contribution in [0.3, 0.4) is 0 Å². The molecule has 0 aliphatic carbocycles. The summed E-state index contributed by atoms with van der Waals surface area (Å²) in [5.74, 6) is -1.48. The summed E-state index contributed by atoms with van der Waals surface area (Å²) < 4.78 is 5.25. The number of anilines is 1. The molecule has 0 aliphatic rings. The van der Waals surface area contributed by atoms with Crippen molar-refractivity contribution in [1.29, 1.82) is 0 Å². The van der Waals surface area contributed by atoms with Gasteiger partial charge in [0.1, 0.15) is 6.04 Å². The van der Waals surface area contributed by atoms with Crippen molar-refractivity contribution in [2.24, 2.45) is 5.92 Å². The summed E-state index contributed by atoms with van der Waals surface area (Å²) in [5.41, 5.74) is 3.37. The first kappa shape index (κ1) is 24.9.